The van der Waals surface area contributed by atoms with Crippen LogP contribution in [0.25, 0.3) is 0 Å². The van der Waals surface area contributed by atoms with E-state index in [9.17, 15) is 9.59 Å². The molecule has 1 amide bonds. The van der Waals surface area contributed by atoms with E-state index in [1.54, 1.807) is 0 Å². The lowest BCUT2D eigenvalue weighted by atomic mass is 9.87. The largest absolute Gasteiger partial charge is 0.444 e. The molecule has 92 valence electrons. The summed E-state index contributed by atoms with van der Waals surface area (Å²) in [6.45, 7) is 5.50. The summed E-state index contributed by atoms with van der Waals surface area (Å²) in [7, 11) is 0. The van der Waals surface area contributed by atoms with Gasteiger partial charge in [0.1, 0.15) is 11.9 Å². The summed E-state index contributed by atoms with van der Waals surface area (Å²) < 4.78 is 5.17. The van der Waals surface area contributed by atoms with Crippen molar-refractivity contribution in [3.63, 3.8) is 0 Å². The van der Waals surface area contributed by atoms with Crippen LogP contribution in [0.3, 0.4) is 0 Å². The normalized spacial score (nSPS) is 25.9. The molecule has 4 nitrogen and oxygen atoms in total. The maximum atomic E-state index is 11.5. The molecule has 1 aliphatic carbocycles. The topological polar surface area (TPSA) is 55.4 Å². The Morgan fingerprint density at radius 2 is 2.06 bits per heavy atom. The van der Waals surface area contributed by atoms with Gasteiger partial charge in [-0.15, -0.1) is 0 Å². The smallest absolute Gasteiger partial charge is 0.407 e. The quantitative estimate of drug-likeness (QED) is 0.736. The summed E-state index contributed by atoms with van der Waals surface area (Å²) in [5.74, 6) is 0.0914. The van der Waals surface area contributed by atoms with Crippen LogP contribution >= 0.6 is 0 Å². The zero-order chi connectivity index (χ0) is 12.2. The van der Waals surface area contributed by atoms with Gasteiger partial charge in [-0.2, -0.15) is 0 Å². The number of ether oxygens (including phenoxy) is 1. The third kappa shape index (κ3) is 4.64. The van der Waals surface area contributed by atoms with Crippen LogP contribution in [0.2, 0.25) is 0 Å². The summed E-state index contributed by atoms with van der Waals surface area (Å²) in [6.07, 6.45) is 4.21. The lowest BCUT2D eigenvalue weighted by Gasteiger charge is -2.28. The van der Waals surface area contributed by atoms with E-state index in [0.29, 0.717) is 0 Å². The number of aldehydes is 1. The van der Waals surface area contributed by atoms with Gasteiger partial charge in [-0.25, -0.2) is 4.79 Å². The minimum atomic E-state index is -0.469. The Kier molecular flexibility index (Phi) is 4.33. The molecule has 1 N–H and O–H groups in total. The lowest BCUT2D eigenvalue weighted by molar-refractivity contribution is -0.112. The molecule has 16 heavy (non-hydrogen) atoms. The van der Waals surface area contributed by atoms with E-state index in [4.69, 9.17) is 4.74 Å². The summed E-state index contributed by atoms with van der Waals surface area (Å²) in [5.41, 5.74) is -0.469. The molecule has 1 rings (SSSR count). The maximum Gasteiger partial charge on any atom is 0.407 e. The van der Waals surface area contributed by atoms with Crippen LogP contribution in [-0.2, 0) is 9.53 Å². The molecule has 0 bridgehead atoms. The molecule has 1 fully saturated rings. The Morgan fingerprint density at radius 1 is 1.38 bits per heavy atom. The van der Waals surface area contributed by atoms with Crippen molar-refractivity contribution in [1.29, 1.82) is 0 Å². The van der Waals surface area contributed by atoms with Crippen molar-refractivity contribution < 1.29 is 14.3 Å². The van der Waals surface area contributed by atoms with E-state index >= 15 is 0 Å². The van der Waals surface area contributed by atoms with Crippen molar-refractivity contribution in [2.24, 2.45) is 5.92 Å². The second-order valence-electron chi connectivity index (χ2n) is 5.41. The molecule has 2 atom stereocenters. The summed E-state index contributed by atoms with van der Waals surface area (Å²) in [5, 5.41) is 2.82. The molecular formula is C12H21NO3. The Hall–Kier alpha value is -1.06. The molecule has 0 spiro atoms. The molecule has 0 aromatic carbocycles. The third-order valence-corrected chi connectivity index (χ3v) is 2.63. The standard InChI is InChI=1S/C12H21NO3/c1-12(2,3)16-11(15)13-10-6-4-5-9(7-10)8-14/h8-10H,4-7H2,1-3H3,(H,13,15). The summed E-state index contributed by atoms with van der Waals surface area (Å²) in [4.78, 5) is 22.2. The predicted molar refractivity (Wildman–Crippen MR) is 61.2 cm³/mol. The zero-order valence-electron chi connectivity index (χ0n) is 10.3. The van der Waals surface area contributed by atoms with Crippen LogP contribution in [-0.4, -0.2) is 24.0 Å². The SMILES string of the molecule is CC(C)(C)OC(=O)NC1CCCC(C=O)C1. The average molecular weight is 227 g/mol. The second kappa shape index (κ2) is 5.32. The maximum absolute atomic E-state index is 11.5. The van der Waals surface area contributed by atoms with E-state index in [2.05, 4.69) is 5.32 Å². The first-order valence-electron chi connectivity index (χ1n) is 5.85. The molecule has 1 saturated carbocycles. The van der Waals surface area contributed by atoms with Gasteiger partial charge >= 0.3 is 6.09 Å². The van der Waals surface area contributed by atoms with Crippen LogP contribution in [0, 0.1) is 5.92 Å². The highest BCUT2D eigenvalue weighted by Gasteiger charge is 2.24. The Balaban J connectivity index is 2.36. The first-order chi connectivity index (χ1) is 7.40. The highest BCUT2D eigenvalue weighted by molar-refractivity contribution is 5.68. The van der Waals surface area contributed by atoms with Crippen molar-refractivity contribution in [3.05, 3.63) is 0 Å². The number of hydrogen-bond donors (Lipinski definition) is 1. The summed E-state index contributed by atoms with van der Waals surface area (Å²) >= 11 is 0. The monoisotopic (exact) mass is 227 g/mol. The van der Waals surface area contributed by atoms with Crippen molar-refractivity contribution in [2.45, 2.75) is 58.1 Å². The minimum Gasteiger partial charge on any atom is -0.444 e. The number of nitrogens with one attached hydrogen (secondary N) is 1. The number of alkyl carbamates (subject to hydrolysis) is 1. The average Bonchev–Trinajstić information content (AvgIpc) is 2.15. The van der Waals surface area contributed by atoms with Crippen LogP contribution in [0.1, 0.15) is 46.5 Å². The first-order valence-corrected chi connectivity index (χ1v) is 5.85. The lowest BCUT2D eigenvalue weighted by Crippen LogP contribution is -2.41. The number of amides is 1. The van der Waals surface area contributed by atoms with Gasteiger partial charge in [-0.05, 0) is 40.0 Å². The van der Waals surface area contributed by atoms with Crippen LogP contribution in [0.5, 0.6) is 0 Å². The molecule has 0 aliphatic heterocycles. The third-order valence-electron chi connectivity index (χ3n) is 2.63. The van der Waals surface area contributed by atoms with E-state index in [1.807, 2.05) is 20.8 Å². The van der Waals surface area contributed by atoms with Gasteiger partial charge in [0.2, 0.25) is 0 Å². The van der Waals surface area contributed by atoms with E-state index in [0.717, 1.165) is 32.0 Å². The Bertz CT molecular complexity index is 257. The molecule has 0 radical (unpaired) electrons. The molecule has 0 saturated heterocycles. The highest BCUT2D eigenvalue weighted by atomic mass is 16.6. The summed E-state index contributed by atoms with van der Waals surface area (Å²) in [6, 6.07) is 0.0822. The molecule has 0 heterocycles. The zero-order valence-corrected chi connectivity index (χ0v) is 10.3. The Morgan fingerprint density at radius 3 is 2.62 bits per heavy atom. The molecule has 1 aliphatic rings. The van der Waals surface area contributed by atoms with Gasteiger partial charge in [-0.3, -0.25) is 0 Å². The fourth-order valence-electron chi connectivity index (χ4n) is 1.96. The van der Waals surface area contributed by atoms with Gasteiger partial charge in [-0.1, -0.05) is 6.42 Å². The van der Waals surface area contributed by atoms with Crippen LogP contribution in [0.4, 0.5) is 4.79 Å². The molecule has 0 aromatic rings. The minimum absolute atomic E-state index is 0.0822. The number of hydrogen-bond acceptors (Lipinski definition) is 3. The van der Waals surface area contributed by atoms with Crippen LogP contribution in [0.15, 0.2) is 0 Å². The fraction of sp³-hybridized carbons (Fsp3) is 0.833. The van der Waals surface area contributed by atoms with Crippen molar-refractivity contribution in [3.8, 4) is 0 Å². The molecule has 2 unspecified atom stereocenters. The number of rotatable bonds is 2. The predicted octanol–water partition coefficient (Wildman–Crippen LogP) is 2.27. The van der Waals surface area contributed by atoms with Crippen molar-refractivity contribution in [1.82, 2.24) is 5.32 Å². The molecule has 4 heteroatoms. The van der Waals surface area contributed by atoms with Crippen molar-refractivity contribution in [2.75, 3.05) is 0 Å². The fourth-order valence-corrected chi connectivity index (χ4v) is 1.96. The van der Waals surface area contributed by atoms with Crippen LogP contribution < -0.4 is 5.32 Å². The first kappa shape index (κ1) is 13.0. The number of carbonyl (C=O) groups is 2. The van der Waals surface area contributed by atoms with Gasteiger partial charge in [0.15, 0.2) is 0 Å². The molecule has 0 aromatic heterocycles. The van der Waals surface area contributed by atoms with E-state index in [1.165, 1.54) is 0 Å². The van der Waals surface area contributed by atoms with Gasteiger partial charge in [0.25, 0.3) is 0 Å². The highest BCUT2D eigenvalue weighted by Crippen LogP contribution is 2.22. The van der Waals surface area contributed by atoms with Gasteiger partial charge in [0.05, 0.1) is 0 Å². The second-order valence-corrected chi connectivity index (χ2v) is 5.41. The van der Waals surface area contributed by atoms with E-state index < -0.39 is 5.60 Å². The van der Waals surface area contributed by atoms with Gasteiger partial charge in [0, 0.05) is 12.0 Å². The Labute approximate surface area is 96.7 Å². The van der Waals surface area contributed by atoms with Crippen molar-refractivity contribution >= 4 is 12.4 Å². The number of carbonyl (C=O) groups excluding carboxylic acids is 2. The van der Waals surface area contributed by atoms with E-state index in [-0.39, 0.29) is 18.1 Å². The molecular weight excluding hydrogens is 206 g/mol. The van der Waals surface area contributed by atoms with Gasteiger partial charge < -0.3 is 14.8 Å².